The first kappa shape index (κ1) is 14.0. The lowest BCUT2D eigenvalue weighted by Crippen LogP contribution is -2.41. The van der Waals surface area contributed by atoms with Gasteiger partial charge in [0.2, 0.25) is 5.91 Å². The van der Waals surface area contributed by atoms with Crippen LogP contribution in [0.5, 0.6) is 0 Å². The first-order chi connectivity index (χ1) is 8.56. The molecule has 0 saturated carbocycles. The number of benzene rings is 1. The molecular weight excluding hydrogens is 230 g/mol. The van der Waals surface area contributed by atoms with E-state index < -0.39 is 12.0 Å². The van der Waals surface area contributed by atoms with Crippen LogP contribution in [0.3, 0.4) is 0 Å². The number of carbonyl (C=O) groups is 2. The number of methoxy groups -OCH3 is 1. The van der Waals surface area contributed by atoms with Crippen LogP contribution in [0.2, 0.25) is 0 Å². The summed E-state index contributed by atoms with van der Waals surface area (Å²) in [5.74, 6) is -0.703. The lowest BCUT2D eigenvalue weighted by molar-refractivity contribution is -0.144. The van der Waals surface area contributed by atoms with Gasteiger partial charge in [-0.1, -0.05) is 36.9 Å². The molecule has 0 bridgehead atoms. The van der Waals surface area contributed by atoms with Crippen LogP contribution in [0.15, 0.2) is 30.8 Å². The van der Waals surface area contributed by atoms with Crippen molar-refractivity contribution in [2.45, 2.75) is 19.4 Å². The lowest BCUT2D eigenvalue weighted by atomic mass is 10.0. The van der Waals surface area contributed by atoms with Crippen LogP contribution in [-0.4, -0.2) is 25.0 Å². The summed E-state index contributed by atoms with van der Waals surface area (Å²) < 4.78 is 4.66. The van der Waals surface area contributed by atoms with E-state index in [0.29, 0.717) is 6.42 Å². The van der Waals surface area contributed by atoms with Crippen molar-refractivity contribution >= 4 is 18.0 Å². The summed E-state index contributed by atoms with van der Waals surface area (Å²) in [6, 6.07) is 6.96. The molecule has 0 radical (unpaired) electrons. The van der Waals surface area contributed by atoms with Crippen LogP contribution in [0.25, 0.3) is 6.08 Å². The first-order valence-corrected chi connectivity index (χ1v) is 5.63. The number of amides is 1. The third-order valence-corrected chi connectivity index (χ3v) is 2.52. The number of hydrogen-bond acceptors (Lipinski definition) is 3. The predicted octanol–water partition coefficient (Wildman–Crippen LogP) is 1.55. The van der Waals surface area contributed by atoms with Gasteiger partial charge in [0.25, 0.3) is 0 Å². The van der Waals surface area contributed by atoms with E-state index in [1.54, 1.807) is 6.08 Å². The highest BCUT2D eigenvalue weighted by molar-refractivity contribution is 5.83. The summed E-state index contributed by atoms with van der Waals surface area (Å²) in [6.45, 7) is 5.04. The predicted molar refractivity (Wildman–Crippen MR) is 69.9 cm³/mol. The molecule has 1 rings (SSSR count). The number of hydrogen-bond donors (Lipinski definition) is 1. The van der Waals surface area contributed by atoms with Gasteiger partial charge in [0.05, 0.1) is 7.11 Å². The number of esters is 1. The maximum Gasteiger partial charge on any atom is 0.328 e. The lowest BCUT2D eigenvalue weighted by Gasteiger charge is -2.15. The molecule has 4 heteroatoms. The largest absolute Gasteiger partial charge is 0.467 e. The fourth-order valence-electron chi connectivity index (χ4n) is 1.61. The minimum atomic E-state index is -0.651. The topological polar surface area (TPSA) is 55.4 Å². The van der Waals surface area contributed by atoms with Gasteiger partial charge in [0, 0.05) is 13.3 Å². The van der Waals surface area contributed by atoms with E-state index >= 15 is 0 Å². The average molecular weight is 247 g/mol. The number of rotatable bonds is 5. The second-order valence-electron chi connectivity index (χ2n) is 3.93. The second kappa shape index (κ2) is 6.59. The fourth-order valence-corrected chi connectivity index (χ4v) is 1.61. The molecule has 1 aromatic rings. The third-order valence-electron chi connectivity index (χ3n) is 2.52. The molecule has 0 saturated heterocycles. The van der Waals surface area contributed by atoms with Gasteiger partial charge in [-0.15, -0.1) is 0 Å². The van der Waals surface area contributed by atoms with Crippen LogP contribution in [0.1, 0.15) is 18.1 Å². The molecule has 0 aliphatic carbocycles. The molecule has 4 nitrogen and oxygen atoms in total. The normalized spacial score (nSPS) is 11.4. The molecule has 0 unspecified atom stereocenters. The van der Waals surface area contributed by atoms with E-state index in [4.69, 9.17) is 0 Å². The van der Waals surface area contributed by atoms with E-state index in [0.717, 1.165) is 11.1 Å². The van der Waals surface area contributed by atoms with Gasteiger partial charge in [-0.2, -0.15) is 0 Å². The summed E-state index contributed by atoms with van der Waals surface area (Å²) in [5.41, 5.74) is 1.96. The van der Waals surface area contributed by atoms with Gasteiger partial charge in [0.1, 0.15) is 6.04 Å². The van der Waals surface area contributed by atoms with Gasteiger partial charge in [-0.05, 0) is 11.1 Å². The number of nitrogens with one attached hydrogen (secondary N) is 1. The van der Waals surface area contributed by atoms with Crippen molar-refractivity contribution in [1.29, 1.82) is 0 Å². The Bertz CT molecular complexity index is 437. The van der Waals surface area contributed by atoms with Gasteiger partial charge >= 0.3 is 5.97 Å². The van der Waals surface area contributed by atoms with Crippen molar-refractivity contribution in [2.75, 3.05) is 7.11 Å². The molecule has 96 valence electrons. The molecule has 1 amide bonds. The summed E-state index contributed by atoms with van der Waals surface area (Å²) in [5, 5.41) is 2.57. The van der Waals surface area contributed by atoms with E-state index in [9.17, 15) is 9.59 Å². The quantitative estimate of drug-likeness (QED) is 0.803. The van der Waals surface area contributed by atoms with Crippen LogP contribution in [0.4, 0.5) is 0 Å². The highest BCUT2D eigenvalue weighted by atomic mass is 16.5. The average Bonchev–Trinajstić information content (AvgIpc) is 2.37. The third kappa shape index (κ3) is 4.05. The van der Waals surface area contributed by atoms with Crippen LogP contribution in [-0.2, 0) is 20.7 Å². The Hall–Kier alpha value is -2.10. The number of ether oxygens (including phenoxy) is 1. The smallest absolute Gasteiger partial charge is 0.328 e. The first-order valence-electron chi connectivity index (χ1n) is 5.63. The molecule has 0 heterocycles. The van der Waals surface area contributed by atoms with E-state index in [1.807, 2.05) is 24.3 Å². The second-order valence-corrected chi connectivity index (χ2v) is 3.93. The monoisotopic (exact) mass is 247 g/mol. The SMILES string of the molecule is C=Cc1ccc(C[C@H](NC(C)=O)C(=O)OC)cc1. The Labute approximate surface area is 107 Å². The minimum Gasteiger partial charge on any atom is -0.467 e. The standard InChI is InChI=1S/C14H17NO3/c1-4-11-5-7-12(8-6-11)9-13(14(17)18-3)15-10(2)16/h4-8,13H,1,9H2,2-3H3,(H,15,16)/t13-/m0/s1. The van der Waals surface area contributed by atoms with Gasteiger partial charge < -0.3 is 10.1 Å². The molecule has 18 heavy (non-hydrogen) atoms. The van der Waals surface area contributed by atoms with Crippen molar-refractivity contribution in [3.8, 4) is 0 Å². The summed E-state index contributed by atoms with van der Waals surface area (Å²) in [4.78, 5) is 22.6. The molecule has 0 aliphatic heterocycles. The fraction of sp³-hybridized carbons (Fsp3) is 0.286. The molecule has 0 spiro atoms. The van der Waals surface area contributed by atoms with Crippen molar-refractivity contribution in [1.82, 2.24) is 5.32 Å². The molecule has 0 aliphatic rings. The van der Waals surface area contributed by atoms with Crippen molar-refractivity contribution in [3.05, 3.63) is 42.0 Å². The highest BCUT2D eigenvalue weighted by Crippen LogP contribution is 2.08. The molecular formula is C14H17NO3. The van der Waals surface area contributed by atoms with Crippen LogP contribution < -0.4 is 5.32 Å². The van der Waals surface area contributed by atoms with E-state index in [1.165, 1.54) is 14.0 Å². The summed E-state index contributed by atoms with van der Waals surface area (Å²) in [6.07, 6.45) is 2.15. The Morgan fingerprint density at radius 1 is 1.39 bits per heavy atom. The molecule has 0 aromatic heterocycles. The van der Waals surface area contributed by atoms with Gasteiger partial charge in [-0.25, -0.2) is 4.79 Å². The van der Waals surface area contributed by atoms with Gasteiger partial charge in [0.15, 0.2) is 0 Å². The summed E-state index contributed by atoms with van der Waals surface area (Å²) in [7, 11) is 1.30. The van der Waals surface area contributed by atoms with Crippen molar-refractivity contribution in [3.63, 3.8) is 0 Å². The zero-order chi connectivity index (χ0) is 13.5. The Kier molecular flexibility index (Phi) is 5.11. The Morgan fingerprint density at radius 3 is 2.44 bits per heavy atom. The van der Waals surface area contributed by atoms with Crippen molar-refractivity contribution in [2.24, 2.45) is 0 Å². The van der Waals surface area contributed by atoms with Crippen LogP contribution in [0, 0.1) is 0 Å². The molecule has 1 N–H and O–H groups in total. The Morgan fingerprint density at radius 2 is 2.00 bits per heavy atom. The minimum absolute atomic E-state index is 0.256. The molecule has 0 fully saturated rings. The molecule has 1 aromatic carbocycles. The highest BCUT2D eigenvalue weighted by Gasteiger charge is 2.20. The Balaban J connectivity index is 2.77. The zero-order valence-corrected chi connectivity index (χ0v) is 10.6. The maximum absolute atomic E-state index is 11.5. The maximum atomic E-state index is 11.5. The van der Waals surface area contributed by atoms with Gasteiger partial charge in [-0.3, -0.25) is 4.79 Å². The van der Waals surface area contributed by atoms with E-state index in [-0.39, 0.29) is 5.91 Å². The molecule has 1 atom stereocenters. The van der Waals surface area contributed by atoms with Crippen molar-refractivity contribution < 1.29 is 14.3 Å². The summed E-state index contributed by atoms with van der Waals surface area (Å²) >= 11 is 0. The van der Waals surface area contributed by atoms with Crippen LogP contribution >= 0.6 is 0 Å². The zero-order valence-electron chi connectivity index (χ0n) is 10.6. The van der Waals surface area contributed by atoms with E-state index in [2.05, 4.69) is 16.6 Å². The number of carbonyl (C=O) groups excluding carboxylic acids is 2.